The Labute approximate surface area is 197 Å². The van der Waals surface area contributed by atoms with Gasteiger partial charge in [-0.2, -0.15) is 0 Å². The van der Waals surface area contributed by atoms with Crippen LogP contribution in [-0.4, -0.2) is 70.5 Å². The van der Waals surface area contributed by atoms with Gasteiger partial charge in [0.2, 0.25) is 0 Å². The number of amides is 1. The smallest absolute Gasteiger partial charge is 0.253 e. The summed E-state index contributed by atoms with van der Waals surface area (Å²) < 4.78 is 0. The molecule has 0 saturated carbocycles. The van der Waals surface area contributed by atoms with Crippen molar-refractivity contribution in [2.75, 3.05) is 32.7 Å². The molecule has 0 aromatic heterocycles. The van der Waals surface area contributed by atoms with Crippen molar-refractivity contribution in [1.82, 2.24) is 14.7 Å². The second-order valence-corrected chi connectivity index (χ2v) is 9.79. The summed E-state index contributed by atoms with van der Waals surface area (Å²) in [5.41, 5.74) is 3.07. The predicted octanol–water partition coefficient (Wildman–Crippen LogP) is 4.44. The van der Waals surface area contributed by atoms with Crippen molar-refractivity contribution >= 4 is 5.91 Å². The lowest BCUT2D eigenvalue weighted by Crippen LogP contribution is -2.42. The number of rotatable bonds is 6. The van der Waals surface area contributed by atoms with Gasteiger partial charge in [-0.15, -0.1) is 6.58 Å². The summed E-state index contributed by atoms with van der Waals surface area (Å²) in [4.78, 5) is 20.0. The van der Waals surface area contributed by atoms with Crippen molar-refractivity contribution in [3.63, 3.8) is 0 Å². The number of hydrogen-bond acceptors (Lipinski definition) is 4. The van der Waals surface area contributed by atoms with Crippen molar-refractivity contribution in [1.29, 1.82) is 0 Å². The van der Waals surface area contributed by atoms with E-state index in [1.54, 1.807) is 6.07 Å². The largest absolute Gasteiger partial charge is 0.508 e. The number of likely N-dealkylation sites (tertiary alicyclic amines) is 2. The molecule has 3 saturated heterocycles. The Morgan fingerprint density at radius 1 is 1.00 bits per heavy atom. The second kappa shape index (κ2) is 9.70. The third-order valence-electron chi connectivity index (χ3n) is 7.66. The van der Waals surface area contributed by atoms with Crippen LogP contribution in [0.2, 0.25) is 0 Å². The third kappa shape index (κ3) is 4.57. The highest BCUT2D eigenvalue weighted by Gasteiger charge is 2.42. The average molecular weight is 446 g/mol. The van der Waals surface area contributed by atoms with Crippen LogP contribution in [0.25, 0.3) is 0 Å². The summed E-state index contributed by atoms with van der Waals surface area (Å²) in [6, 6.07) is 17.0. The van der Waals surface area contributed by atoms with Crippen molar-refractivity contribution in [3.8, 4) is 5.75 Å². The quantitative estimate of drug-likeness (QED) is 0.668. The van der Waals surface area contributed by atoms with Gasteiger partial charge in [-0.05, 0) is 67.5 Å². The van der Waals surface area contributed by atoms with Gasteiger partial charge in [-0.3, -0.25) is 14.6 Å². The SMILES string of the molecule is C=CCN1CCC2CCC(C1)N2C(c1ccc(C(=O)N2CCCC2)cc1)c1cccc(O)c1. The minimum absolute atomic E-state index is 0.0641. The maximum atomic E-state index is 12.9. The first-order chi connectivity index (χ1) is 16.1. The van der Waals surface area contributed by atoms with E-state index in [1.807, 2.05) is 35.2 Å². The molecule has 33 heavy (non-hydrogen) atoms. The van der Waals surface area contributed by atoms with E-state index in [9.17, 15) is 9.90 Å². The van der Waals surface area contributed by atoms with Crippen molar-refractivity contribution < 1.29 is 9.90 Å². The van der Waals surface area contributed by atoms with Crippen LogP contribution in [0, 0.1) is 0 Å². The first-order valence-electron chi connectivity index (χ1n) is 12.4. The summed E-state index contributed by atoms with van der Waals surface area (Å²) in [6.45, 7) is 8.75. The molecule has 3 atom stereocenters. The zero-order chi connectivity index (χ0) is 22.8. The van der Waals surface area contributed by atoms with Gasteiger partial charge in [0.1, 0.15) is 5.75 Å². The summed E-state index contributed by atoms with van der Waals surface area (Å²) in [7, 11) is 0. The van der Waals surface area contributed by atoms with Gasteiger partial charge in [-0.25, -0.2) is 0 Å². The number of phenols is 1. The zero-order valence-electron chi connectivity index (χ0n) is 19.4. The van der Waals surface area contributed by atoms with Gasteiger partial charge in [0, 0.05) is 50.4 Å². The first kappa shape index (κ1) is 22.2. The van der Waals surface area contributed by atoms with Gasteiger partial charge in [-0.1, -0.05) is 30.3 Å². The fourth-order valence-corrected chi connectivity index (χ4v) is 6.09. The number of hydrogen-bond donors (Lipinski definition) is 1. The molecule has 2 aromatic carbocycles. The molecule has 3 aliphatic heterocycles. The molecule has 3 heterocycles. The Morgan fingerprint density at radius 3 is 2.48 bits per heavy atom. The Bertz CT molecular complexity index is 983. The van der Waals surface area contributed by atoms with E-state index in [0.29, 0.717) is 17.8 Å². The Hall–Kier alpha value is -2.63. The zero-order valence-corrected chi connectivity index (χ0v) is 19.4. The fraction of sp³-hybridized carbons (Fsp3) is 0.464. The van der Waals surface area contributed by atoms with Crippen LogP contribution in [0.1, 0.15) is 59.6 Å². The number of carbonyl (C=O) groups excluding carboxylic acids is 1. The minimum Gasteiger partial charge on any atom is -0.508 e. The number of carbonyl (C=O) groups is 1. The third-order valence-corrected chi connectivity index (χ3v) is 7.66. The molecule has 3 unspecified atom stereocenters. The predicted molar refractivity (Wildman–Crippen MR) is 131 cm³/mol. The first-order valence-corrected chi connectivity index (χ1v) is 12.4. The van der Waals surface area contributed by atoms with Gasteiger partial charge >= 0.3 is 0 Å². The van der Waals surface area contributed by atoms with Crippen LogP contribution in [0.4, 0.5) is 0 Å². The molecule has 0 spiro atoms. The molecule has 2 aromatic rings. The Morgan fingerprint density at radius 2 is 1.76 bits per heavy atom. The van der Waals surface area contributed by atoms with E-state index in [0.717, 1.165) is 63.1 Å². The highest BCUT2D eigenvalue weighted by molar-refractivity contribution is 5.94. The lowest BCUT2D eigenvalue weighted by molar-refractivity contribution is 0.0792. The lowest BCUT2D eigenvalue weighted by atomic mass is 9.94. The fourth-order valence-electron chi connectivity index (χ4n) is 6.09. The maximum Gasteiger partial charge on any atom is 0.253 e. The molecule has 5 nitrogen and oxygen atoms in total. The van der Waals surface area contributed by atoms with Crippen molar-refractivity contribution in [2.24, 2.45) is 0 Å². The molecule has 0 aliphatic carbocycles. The summed E-state index contributed by atoms with van der Waals surface area (Å²) in [5.74, 6) is 0.441. The summed E-state index contributed by atoms with van der Waals surface area (Å²) in [5, 5.41) is 10.3. The number of nitrogens with zero attached hydrogens (tertiary/aromatic N) is 3. The topological polar surface area (TPSA) is 47.0 Å². The van der Waals surface area contributed by atoms with Crippen LogP contribution < -0.4 is 0 Å². The monoisotopic (exact) mass is 445 g/mol. The van der Waals surface area contributed by atoms with E-state index in [4.69, 9.17) is 0 Å². The molecular weight excluding hydrogens is 410 g/mol. The molecule has 3 fully saturated rings. The molecule has 1 N–H and O–H groups in total. The highest BCUT2D eigenvalue weighted by Crippen LogP contribution is 2.41. The Balaban J connectivity index is 1.48. The number of aromatic hydroxyl groups is 1. The van der Waals surface area contributed by atoms with Crippen LogP contribution >= 0.6 is 0 Å². The minimum atomic E-state index is 0.0641. The van der Waals surface area contributed by atoms with E-state index in [-0.39, 0.29) is 11.9 Å². The standard InChI is InChI=1S/C28H35N3O2/c1-2-15-29-18-14-24-12-13-25(20-29)31(24)27(23-6-5-7-26(32)19-23)21-8-10-22(11-9-21)28(33)30-16-3-4-17-30/h2,5-11,19,24-25,27,32H,1,3-4,12-18,20H2. The molecule has 5 heteroatoms. The Kier molecular flexibility index (Phi) is 6.52. The van der Waals surface area contributed by atoms with E-state index in [1.165, 1.54) is 18.4 Å². The summed E-state index contributed by atoms with van der Waals surface area (Å²) in [6.07, 6.45) is 7.76. The molecule has 5 rings (SSSR count). The van der Waals surface area contributed by atoms with E-state index >= 15 is 0 Å². The molecular formula is C28H35N3O2. The number of benzene rings is 2. The second-order valence-electron chi connectivity index (χ2n) is 9.79. The molecule has 0 radical (unpaired) electrons. The van der Waals surface area contributed by atoms with Crippen molar-refractivity contribution in [3.05, 3.63) is 77.9 Å². The molecule has 174 valence electrons. The van der Waals surface area contributed by atoms with Gasteiger partial charge < -0.3 is 10.0 Å². The number of phenolic OH excluding ortho intramolecular Hbond substituents is 1. The van der Waals surface area contributed by atoms with Gasteiger partial charge in [0.05, 0.1) is 6.04 Å². The molecule has 1 amide bonds. The highest BCUT2D eigenvalue weighted by atomic mass is 16.3. The van der Waals surface area contributed by atoms with E-state index < -0.39 is 0 Å². The lowest BCUT2D eigenvalue weighted by Gasteiger charge is -2.37. The molecule has 2 bridgehead atoms. The van der Waals surface area contributed by atoms with Crippen LogP contribution in [-0.2, 0) is 0 Å². The summed E-state index contributed by atoms with van der Waals surface area (Å²) >= 11 is 0. The van der Waals surface area contributed by atoms with Gasteiger partial charge in [0.25, 0.3) is 5.91 Å². The number of fused-ring (bicyclic) bond motifs is 2. The van der Waals surface area contributed by atoms with Crippen LogP contribution in [0.5, 0.6) is 5.75 Å². The van der Waals surface area contributed by atoms with Gasteiger partial charge in [0.15, 0.2) is 0 Å². The normalized spacial score (nSPS) is 24.5. The maximum absolute atomic E-state index is 12.9. The molecule has 3 aliphatic rings. The average Bonchev–Trinajstić information content (AvgIpc) is 3.45. The van der Waals surface area contributed by atoms with E-state index in [2.05, 4.69) is 34.6 Å². The van der Waals surface area contributed by atoms with Crippen molar-refractivity contribution in [2.45, 2.75) is 50.2 Å². The van der Waals surface area contributed by atoms with Crippen LogP contribution in [0.3, 0.4) is 0 Å². The van der Waals surface area contributed by atoms with Crippen LogP contribution in [0.15, 0.2) is 61.2 Å².